The van der Waals surface area contributed by atoms with Crippen LogP contribution >= 0.6 is 11.3 Å². The quantitative estimate of drug-likeness (QED) is 0.604. The molecule has 0 fully saturated rings. The summed E-state index contributed by atoms with van der Waals surface area (Å²) in [5.41, 5.74) is 1.75. The van der Waals surface area contributed by atoms with Gasteiger partial charge in [-0.05, 0) is 24.6 Å². The second-order valence-electron chi connectivity index (χ2n) is 5.54. The monoisotopic (exact) mass is 399 g/mol. The van der Waals surface area contributed by atoms with Gasteiger partial charge in [-0.1, -0.05) is 30.3 Å². The molecule has 0 saturated heterocycles. The normalized spacial score (nSPS) is 10.3. The number of furan rings is 1. The summed E-state index contributed by atoms with van der Waals surface area (Å²) in [5.74, 6) is -1.86. The fourth-order valence-electron chi connectivity index (χ4n) is 2.45. The van der Waals surface area contributed by atoms with Gasteiger partial charge >= 0.3 is 11.9 Å². The fourth-order valence-corrected chi connectivity index (χ4v) is 3.42. The van der Waals surface area contributed by atoms with Gasteiger partial charge in [0.15, 0.2) is 6.61 Å². The number of carbonyl (C=O) groups is 3. The number of esters is 2. The summed E-state index contributed by atoms with van der Waals surface area (Å²) in [5, 5.41) is 4.71. The first-order valence-electron chi connectivity index (χ1n) is 8.44. The van der Waals surface area contributed by atoms with E-state index in [0.717, 1.165) is 5.56 Å². The first-order valence-corrected chi connectivity index (χ1v) is 9.32. The average Bonchev–Trinajstić information content (AvgIpc) is 3.37. The molecular formula is C20H17NO6S. The minimum Gasteiger partial charge on any atom is -0.462 e. The van der Waals surface area contributed by atoms with E-state index in [1.165, 1.54) is 23.7 Å². The molecule has 1 aromatic carbocycles. The highest BCUT2D eigenvalue weighted by atomic mass is 32.1. The number of anilines is 1. The molecule has 7 nitrogen and oxygen atoms in total. The third kappa shape index (κ3) is 4.47. The second-order valence-corrected chi connectivity index (χ2v) is 6.42. The molecule has 0 saturated carbocycles. The Bertz CT molecular complexity index is 962. The molecule has 0 radical (unpaired) electrons. The fraction of sp³-hybridized carbons (Fsp3) is 0.150. The van der Waals surface area contributed by atoms with Crippen LogP contribution in [-0.2, 0) is 14.3 Å². The molecule has 2 aromatic heterocycles. The van der Waals surface area contributed by atoms with E-state index >= 15 is 0 Å². The molecule has 0 aliphatic carbocycles. The van der Waals surface area contributed by atoms with Crippen LogP contribution in [0.2, 0.25) is 0 Å². The van der Waals surface area contributed by atoms with Crippen LogP contribution in [0.4, 0.5) is 5.00 Å². The van der Waals surface area contributed by atoms with Gasteiger partial charge < -0.3 is 19.2 Å². The van der Waals surface area contributed by atoms with Crippen molar-refractivity contribution in [2.75, 3.05) is 18.5 Å². The van der Waals surface area contributed by atoms with E-state index in [0.29, 0.717) is 10.6 Å². The van der Waals surface area contributed by atoms with Crippen LogP contribution in [-0.4, -0.2) is 31.1 Å². The lowest BCUT2D eigenvalue weighted by atomic mass is 10.0. The van der Waals surface area contributed by atoms with Gasteiger partial charge in [-0.25, -0.2) is 9.59 Å². The minimum absolute atomic E-state index is 0.00231. The first kappa shape index (κ1) is 19.4. The van der Waals surface area contributed by atoms with Crippen LogP contribution < -0.4 is 5.32 Å². The van der Waals surface area contributed by atoms with Crippen molar-refractivity contribution in [2.45, 2.75) is 6.92 Å². The van der Waals surface area contributed by atoms with E-state index in [-0.39, 0.29) is 17.9 Å². The van der Waals surface area contributed by atoms with E-state index in [9.17, 15) is 14.4 Å². The van der Waals surface area contributed by atoms with Gasteiger partial charge in [0.1, 0.15) is 10.6 Å². The summed E-state index contributed by atoms with van der Waals surface area (Å²) in [4.78, 5) is 36.4. The van der Waals surface area contributed by atoms with E-state index < -0.39 is 24.5 Å². The number of benzene rings is 1. The predicted octanol–water partition coefficient (Wildman–Crippen LogP) is 3.98. The summed E-state index contributed by atoms with van der Waals surface area (Å²) in [7, 11) is 0. The van der Waals surface area contributed by atoms with Gasteiger partial charge in [-0.2, -0.15) is 0 Å². The third-order valence-corrected chi connectivity index (χ3v) is 4.56. The lowest BCUT2D eigenvalue weighted by Crippen LogP contribution is -2.21. The molecule has 1 amide bonds. The van der Waals surface area contributed by atoms with Gasteiger partial charge in [-0.15, -0.1) is 11.3 Å². The number of carbonyl (C=O) groups excluding carboxylic acids is 3. The van der Waals surface area contributed by atoms with Crippen molar-refractivity contribution < 1.29 is 28.3 Å². The molecule has 0 atom stereocenters. The maximum Gasteiger partial charge on any atom is 0.374 e. The molecule has 0 aliphatic heterocycles. The molecule has 1 N–H and O–H groups in total. The molecule has 2 heterocycles. The number of hydrogen-bond donors (Lipinski definition) is 1. The van der Waals surface area contributed by atoms with Crippen molar-refractivity contribution in [3.8, 4) is 11.1 Å². The SMILES string of the molecule is CCOC(=O)c1c(-c2ccccc2)csc1NC(=O)COC(=O)c1ccco1. The van der Waals surface area contributed by atoms with Crippen molar-refractivity contribution in [1.82, 2.24) is 0 Å². The summed E-state index contributed by atoms with van der Waals surface area (Å²) in [6, 6.07) is 12.3. The Kier molecular flexibility index (Phi) is 6.23. The van der Waals surface area contributed by atoms with E-state index in [1.54, 1.807) is 18.4 Å². The summed E-state index contributed by atoms with van der Waals surface area (Å²) in [6.45, 7) is 1.40. The van der Waals surface area contributed by atoms with E-state index in [4.69, 9.17) is 13.9 Å². The molecule has 0 aliphatic rings. The lowest BCUT2D eigenvalue weighted by Gasteiger charge is -2.09. The van der Waals surface area contributed by atoms with Crippen molar-refractivity contribution in [3.05, 3.63) is 65.4 Å². The van der Waals surface area contributed by atoms with Gasteiger partial charge in [0.25, 0.3) is 5.91 Å². The van der Waals surface area contributed by atoms with Crippen LogP contribution in [0.15, 0.2) is 58.5 Å². The number of hydrogen-bond acceptors (Lipinski definition) is 7. The summed E-state index contributed by atoms with van der Waals surface area (Å²) < 4.78 is 15.0. The summed E-state index contributed by atoms with van der Waals surface area (Å²) >= 11 is 1.19. The number of rotatable bonds is 7. The van der Waals surface area contributed by atoms with Crippen LogP contribution in [0, 0.1) is 0 Å². The molecule has 8 heteroatoms. The topological polar surface area (TPSA) is 94.8 Å². The number of ether oxygens (including phenoxy) is 2. The predicted molar refractivity (Wildman–Crippen MR) is 103 cm³/mol. The summed E-state index contributed by atoms with van der Waals surface area (Å²) in [6.07, 6.45) is 1.33. The minimum atomic E-state index is -0.748. The number of amides is 1. The number of thiophene rings is 1. The lowest BCUT2D eigenvalue weighted by molar-refractivity contribution is -0.119. The average molecular weight is 399 g/mol. The largest absolute Gasteiger partial charge is 0.462 e. The van der Waals surface area contributed by atoms with Gasteiger partial charge in [0, 0.05) is 10.9 Å². The third-order valence-electron chi connectivity index (χ3n) is 3.67. The Morgan fingerprint density at radius 2 is 1.82 bits per heavy atom. The maximum atomic E-state index is 12.5. The van der Waals surface area contributed by atoms with Crippen molar-refractivity contribution >= 4 is 34.2 Å². The van der Waals surface area contributed by atoms with Crippen LogP contribution in [0.3, 0.4) is 0 Å². The highest BCUT2D eigenvalue weighted by molar-refractivity contribution is 7.15. The molecule has 0 spiro atoms. The zero-order valence-electron chi connectivity index (χ0n) is 15.0. The number of nitrogens with one attached hydrogen (secondary N) is 1. The first-order chi connectivity index (χ1) is 13.6. The van der Waals surface area contributed by atoms with Crippen molar-refractivity contribution in [2.24, 2.45) is 0 Å². The van der Waals surface area contributed by atoms with Crippen LogP contribution in [0.25, 0.3) is 11.1 Å². The van der Waals surface area contributed by atoms with E-state index in [2.05, 4.69) is 5.32 Å². The molecule has 3 aromatic rings. The van der Waals surface area contributed by atoms with Crippen LogP contribution in [0.5, 0.6) is 0 Å². The zero-order chi connectivity index (χ0) is 19.9. The molecular weight excluding hydrogens is 382 g/mol. The smallest absolute Gasteiger partial charge is 0.374 e. The van der Waals surface area contributed by atoms with Gasteiger partial charge in [0.2, 0.25) is 5.76 Å². The Hall–Kier alpha value is -3.39. The standard InChI is InChI=1S/C20H17NO6S/c1-2-25-20(24)17-14(13-7-4-3-5-8-13)12-28-18(17)21-16(22)11-27-19(23)15-9-6-10-26-15/h3-10,12H,2,11H2,1H3,(H,21,22). The van der Waals surface area contributed by atoms with Gasteiger partial charge in [-0.3, -0.25) is 4.79 Å². The van der Waals surface area contributed by atoms with Crippen molar-refractivity contribution in [1.29, 1.82) is 0 Å². The Morgan fingerprint density at radius 1 is 1.04 bits per heavy atom. The molecule has 144 valence electrons. The van der Waals surface area contributed by atoms with E-state index in [1.807, 2.05) is 30.3 Å². The molecule has 3 rings (SSSR count). The Balaban J connectivity index is 1.75. The molecule has 28 heavy (non-hydrogen) atoms. The van der Waals surface area contributed by atoms with Crippen LogP contribution in [0.1, 0.15) is 27.8 Å². The zero-order valence-corrected chi connectivity index (χ0v) is 15.8. The highest BCUT2D eigenvalue weighted by Gasteiger charge is 2.23. The van der Waals surface area contributed by atoms with Gasteiger partial charge in [0.05, 0.1) is 12.9 Å². The second kappa shape index (κ2) is 9.01. The Labute approximate surface area is 164 Å². The van der Waals surface area contributed by atoms with Crippen molar-refractivity contribution in [3.63, 3.8) is 0 Å². The molecule has 0 bridgehead atoms. The molecule has 0 unspecified atom stereocenters. The Morgan fingerprint density at radius 3 is 2.50 bits per heavy atom. The highest BCUT2D eigenvalue weighted by Crippen LogP contribution is 2.36. The maximum absolute atomic E-state index is 12.5.